The number of carbonyl (C=O) groups is 1. The van der Waals surface area contributed by atoms with E-state index < -0.39 is 5.82 Å². The van der Waals surface area contributed by atoms with Crippen LogP contribution >= 0.6 is 0 Å². The summed E-state index contributed by atoms with van der Waals surface area (Å²) in [7, 11) is 0. The Hall–Kier alpha value is -4.18. The number of ether oxygens (including phenoxy) is 1. The molecule has 6 rings (SSSR count). The van der Waals surface area contributed by atoms with Crippen molar-refractivity contribution in [2.24, 2.45) is 5.10 Å². The van der Waals surface area contributed by atoms with Gasteiger partial charge in [-0.3, -0.25) is 14.2 Å². The van der Waals surface area contributed by atoms with Gasteiger partial charge in [-0.05, 0) is 36.0 Å². The minimum atomic E-state index is -0.482. The second-order valence-corrected chi connectivity index (χ2v) is 9.94. The van der Waals surface area contributed by atoms with Crippen LogP contribution in [-0.2, 0) is 22.4 Å². The number of amides is 1. The minimum Gasteiger partial charge on any atom is -0.381 e. The number of benzene rings is 2. The monoisotopic (exact) mass is 528 g/mol. The molecular formula is C29H29FN6O3. The highest BCUT2D eigenvalue weighted by Crippen LogP contribution is 2.31. The fraction of sp³-hybridized carbons (Fsp3) is 0.345. The Kier molecular flexibility index (Phi) is 6.78. The first-order chi connectivity index (χ1) is 19.1. The third-order valence-corrected chi connectivity index (χ3v) is 7.48. The molecule has 4 heterocycles. The fourth-order valence-corrected chi connectivity index (χ4v) is 5.61. The number of hydrogen-bond acceptors (Lipinski definition) is 6. The second-order valence-electron chi connectivity index (χ2n) is 9.94. The first-order valence-corrected chi connectivity index (χ1v) is 13.3. The summed E-state index contributed by atoms with van der Waals surface area (Å²) in [5.41, 5.74) is 5.95. The molecule has 0 aliphatic carbocycles. The van der Waals surface area contributed by atoms with E-state index in [0.29, 0.717) is 60.7 Å². The van der Waals surface area contributed by atoms with Crippen LogP contribution in [0.15, 0.2) is 58.7 Å². The molecule has 0 radical (unpaired) electrons. The summed E-state index contributed by atoms with van der Waals surface area (Å²) in [4.78, 5) is 30.5. The van der Waals surface area contributed by atoms with E-state index in [2.05, 4.69) is 20.6 Å². The van der Waals surface area contributed by atoms with Gasteiger partial charge in [-0.15, -0.1) is 0 Å². The summed E-state index contributed by atoms with van der Waals surface area (Å²) in [6.45, 7) is 3.17. The van der Waals surface area contributed by atoms with Crippen LogP contribution in [0, 0.1) is 5.82 Å². The molecule has 0 spiro atoms. The number of rotatable bonds is 7. The maximum absolute atomic E-state index is 16.5. The van der Waals surface area contributed by atoms with E-state index in [9.17, 15) is 9.59 Å². The lowest BCUT2D eigenvalue weighted by Gasteiger charge is -2.26. The molecule has 2 aliphatic heterocycles. The molecule has 0 bridgehead atoms. The number of fused-ring (bicyclic) bond motifs is 1. The average Bonchev–Trinajstić information content (AvgIpc) is 3.61. The molecule has 1 N–H and O–H groups in total. The van der Waals surface area contributed by atoms with Crippen LogP contribution in [0.25, 0.3) is 16.9 Å². The first-order valence-electron chi connectivity index (χ1n) is 13.3. The molecule has 4 aromatic rings. The van der Waals surface area contributed by atoms with Gasteiger partial charge in [0.15, 0.2) is 0 Å². The third-order valence-electron chi connectivity index (χ3n) is 7.48. The quantitative estimate of drug-likeness (QED) is 0.393. The molecule has 0 unspecified atom stereocenters. The number of halogens is 1. The minimum absolute atomic E-state index is 0.0111. The Balaban J connectivity index is 1.52. The molecule has 200 valence electrons. The highest BCUT2D eigenvalue weighted by molar-refractivity contribution is 6.16. The van der Waals surface area contributed by atoms with Crippen molar-refractivity contribution in [3.05, 3.63) is 87.3 Å². The van der Waals surface area contributed by atoms with Gasteiger partial charge < -0.3 is 4.74 Å². The van der Waals surface area contributed by atoms with Crippen LogP contribution in [0.1, 0.15) is 61.0 Å². The number of carbonyl (C=O) groups excluding carboxylic acids is 1. The summed E-state index contributed by atoms with van der Waals surface area (Å²) in [5.74, 6) is -0.260. The molecular weight excluding hydrogens is 499 g/mol. The largest absolute Gasteiger partial charge is 0.381 e. The number of hydrogen-bond donors (Lipinski definition) is 1. The van der Waals surface area contributed by atoms with E-state index in [0.717, 1.165) is 17.7 Å². The highest BCUT2D eigenvalue weighted by Gasteiger charge is 2.28. The van der Waals surface area contributed by atoms with E-state index in [1.807, 2.05) is 43.3 Å². The Morgan fingerprint density at radius 2 is 1.90 bits per heavy atom. The Morgan fingerprint density at radius 3 is 2.62 bits per heavy atom. The summed E-state index contributed by atoms with van der Waals surface area (Å²) in [5, 5.41) is 8.59. The van der Waals surface area contributed by atoms with Crippen molar-refractivity contribution in [3.8, 4) is 11.1 Å². The molecule has 2 aromatic carbocycles. The van der Waals surface area contributed by atoms with E-state index in [1.54, 1.807) is 15.1 Å². The molecule has 9 nitrogen and oxygen atoms in total. The predicted octanol–water partition coefficient (Wildman–Crippen LogP) is 3.82. The van der Waals surface area contributed by atoms with Gasteiger partial charge in [-0.25, -0.2) is 14.3 Å². The van der Waals surface area contributed by atoms with Gasteiger partial charge in [0.05, 0.1) is 17.8 Å². The van der Waals surface area contributed by atoms with E-state index in [-0.39, 0.29) is 35.9 Å². The number of aryl methyl sites for hydroxylation is 1. The van der Waals surface area contributed by atoms with Gasteiger partial charge in [0.1, 0.15) is 12.1 Å². The number of nitrogens with zero attached hydrogens (tertiary/aromatic N) is 5. The maximum Gasteiger partial charge on any atom is 0.259 e. The predicted molar refractivity (Wildman–Crippen MR) is 144 cm³/mol. The lowest BCUT2D eigenvalue weighted by Crippen LogP contribution is -2.34. The number of nitrogens with one attached hydrogen (secondary N) is 1. The number of aromatic nitrogens is 4. The molecule has 0 atom stereocenters. The maximum atomic E-state index is 16.5. The molecule has 2 aromatic heterocycles. The normalized spacial score (nSPS) is 16.1. The lowest BCUT2D eigenvalue weighted by molar-refractivity contribution is -0.119. The zero-order valence-corrected chi connectivity index (χ0v) is 21.7. The smallest absolute Gasteiger partial charge is 0.259 e. The summed E-state index contributed by atoms with van der Waals surface area (Å²) in [6.07, 6.45) is 4.30. The van der Waals surface area contributed by atoms with Crippen LogP contribution in [0.5, 0.6) is 0 Å². The molecule has 1 amide bonds. The SMILES string of the molecule is CCCc1c(Cc2ccc(-c3ccccc3)c(C3=NNC(=O)C3)c2F)c(=O)n(C2CCOCC2)c2ncnn12. The van der Waals surface area contributed by atoms with Crippen molar-refractivity contribution in [3.63, 3.8) is 0 Å². The van der Waals surface area contributed by atoms with Crippen LogP contribution in [0.2, 0.25) is 0 Å². The van der Waals surface area contributed by atoms with E-state index in [4.69, 9.17) is 4.74 Å². The first kappa shape index (κ1) is 25.1. The fourth-order valence-electron chi connectivity index (χ4n) is 5.61. The van der Waals surface area contributed by atoms with Gasteiger partial charge in [0, 0.05) is 36.8 Å². The molecule has 39 heavy (non-hydrogen) atoms. The van der Waals surface area contributed by atoms with Crippen LogP contribution in [-0.4, -0.2) is 44.0 Å². The van der Waals surface area contributed by atoms with Gasteiger partial charge in [0.25, 0.3) is 5.56 Å². The second kappa shape index (κ2) is 10.5. The summed E-state index contributed by atoms with van der Waals surface area (Å²) >= 11 is 0. The lowest BCUT2D eigenvalue weighted by atomic mass is 9.90. The molecule has 1 fully saturated rings. The Bertz CT molecular complexity index is 1640. The standard InChI is InChI=1S/C29H29FN6O3/c1-2-6-24-22(28(38)35(20-11-13-39-14-12-20)29-31-17-32-36(24)29)15-19-9-10-21(18-7-4-3-5-8-18)26(27(19)30)23-16-25(37)34-33-23/h3-5,7-10,17,20H,2,6,11-16H2,1H3,(H,34,37). The van der Waals surface area contributed by atoms with Crippen LogP contribution in [0.4, 0.5) is 4.39 Å². The van der Waals surface area contributed by atoms with Crippen molar-refractivity contribution in [1.29, 1.82) is 0 Å². The van der Waals surface area contributed by atoms with E-state index >= 15 is 4.39 Å². The van der Waals surface area contributed by atoms with Gasteiger partial charge in [0.2, 0.25) is 11.7 Å². The summed E-state index contributed by atoms with van der Waals surface area (Å²) in [6, 6.07) is 13.0. The van der Waals surface area contributed by atoms with Crippen LogP contribution < -0.4 is 11.0 Å². The van der Waals surface area contributed by atoms with Gasteiger partial charge >= 0.3 is 0 Å². The zero-order valence-electron chi connectivity index (χ0n) is 21.7. The van der Waals surface area contributed by atoms with Crippen LogP contribution in [0.3, 0.4) is 0 Å². The third kappa shape index (κ3) is 4.54. The highest BCUT2D eigenvalue weighted by atomic mass is 19.1. The van der Waals surface area contributed by atoms with Crippen molar-refractivity contribution in [2.45, 2.75) is 51.5 Å². The zero-order chi connectivity index (χ0) is 26.9. The number of hydrazone groups is 1. The summed E-state index contributed by atoms with van der Waals surface area (Å²) < 4.78 is 25.4. The topological polar surface area (TPSA) is 103 Å². The van der Waals surface area contributed by atoms with Gasteiger partial charge in [-0.2, -0.15) is 15.2 Å². The van der Waals surface area contributed by atoms with E-state index in [1.165, 1.54) is 6.33 Å². The van der Waals surface area contributed by atoms with Crippen molar-refractivity contribution in [2.75, 3.05) is 13.2 Å². The Labute approximate surface area is 224 Å². The average molecular weight is 529 g/mol. The molecule has 1 saturated heterocycles. The Morgan fingerprint density at radius 1 is 1.10 bits per heavy atom. The van der Waals surface area contributed by atoms with Gasteiger partial charge in [-0.1, -0.05) is 55.8 Å². The molecule has 10 heteroatoms. The molecule has 2 aliphatic rings. The molecule has 0 saturated carbocycles. The van der Waals surface area contributed by atoms with Crippen molar-refractivity contribution in [1.82, 2.24) is 24.6 Å². The van der Waals surface area contributed by atoms with Crippen molar-refractivity contribution >= 4 is 17.4 Å². The van der Waals surface area contributed by atoms with Crippen molar-refractivity contribution < 1.29 is 13.9 Å².